The van der Waals surface area contributed by atoms with Crippen molar-refractivity contribution in [2.45, 2.75) is 109 Å². The van der Waals surface area contributed by atoms with E-state index in [1.807, 2.05) is 0 Å². The van der Waals surface area contributed by atoms with Gasteiger partial charge in [-0.05, 0) is 18.4 Å². The summed E-state index contributed by atoms with van der Waals surface area (Å²) in [4.78, 5) is 35.3. The van der Waals surface area contributed by atoms with Crippen molar-refractivity contribution >= 4 is 31.6 Å². The zero-order chi connectivity index (χ0) is 36.2. The molecule has 0 fully saturated rings. The van der Waals surface area contributed by atoms with Gasteiger partial charge in [0.05, 0.1) is 19.6 Å². The first-order chi connectivity index (χ1) is 22.5. The molecule has 0 saturated carbocycles. The molecular formula is C32H45F6O9P. The van der Waals surface area contributed by atoms with Crippen LogP contribution in [0.3, 0.4) is 0 Å². The van der Waals surface area contributed by atoms with Crippen molar-refractivity contribution in [1.29, 1.82) is 0 Å². The molecule has 48 heavy (non-hydrogen) atoms. The van der Waals surface area contributed by atoms with Crippen LogP contribution in [-0.2, 0) is 32.7 Å². The predicted octanol–water partition coefficient (Wildman–Crippen LogP) is 9.41. The number of aliphatic carboxylic acids is 2. The quantitative estimate of drug-likeness (QED) is 0.0439. The fourth-order valence-corrected chi connectivity index (χ4v) is 6.36. The molecule has 9 nitrogen and oxygen atoms in total. The number of carboxylic acid groups (broad SMARTS) is 2. The molecule has 0 spiro atoms. The lowest BCUT2D eigenvalue weighted by molar-refractivity contribution is -0.199. The Hall–Kier alpha value is -2.90. The summed E-state index contributed by atoms with van der Waals surface area (Å²) < 4.78 is 109. The van der Waals surface area contributed by atoms with E-state index in [2.05, 4.69) is 6.92 Å². The van der Waals surface area contributed by atoms with E-state index in [4.69, 9.17) is 24.0 Å². The fraction of sp³-hybridized carbons (Fsp3) is 0.656. The van der Waals surface area contributed by atoms with Crippen LogP contribution in [0.2, 0.25) is 0 Å². The number of alkyl halides is 6. The van der Waals surface area contributed by atoms with Gasteiger partial charge in [0, 0.05) is 0 Å². The maximum absolute atomic E-state index is 13.9. The average molecular weight is 719 g/mol. The summed E-state index contributed by atoms with van der Waals surface area (Å²) in [5, 5.41) is 18.1. The molecule has 0 saturated heterocycles. The van der Waals surface area contributed by atoms with E-state index in [0.29, 0.717) is 18.4 Å². The lowest BCUT2D eigenvalue weighted by Gasteiger charge is -2.29. The van der Waals surface area contributed by atoms with Crippen molar-refractivity contribution in [1.82, 2.24) is 0 Å². The number of rotatable bonds is 25. The second-order valence-corrected chi connectivity index (χ2v) is 13.5. The van der Waals surface area contributed by atoms with Gasteiger partial charge in [-0.25, -0.2) is 0 Å². The molecule has 1 aromatic carbocycles. The van der Waals surface area contributed by atoms with Crippen LogP contribution in [0.25, 0.3) is 6.08 Å². The standard InChI is InChI=1S/C32H45F6O9P/c1-2-3-4-5-6-7-8-9-10-11-15-21-28(47-27(39)20-16-19-24-17-13-12-14-18-24)48(44,45-22-25(29(40)41)31(33,34)35)46-23-26(30(42)43)32(36,37)38/h12-14,16-19,25-26,28H,2-11,15,20-23H2,1H3,(H,40,41)(H,42,43). The Morgan fingerprint density at radius 3 is 1.60 bits per heavy atom. The number of halogens is 6. The summed E-state index contributed by atoms with van der Waals surface area (Å²) in [5.74, 6) is -14.5. The van der Waals surface area contributed by atoms with Crippen molar-refractivity contribution in [2.24, 2.45) is 11.8 Å². The Kier molecular flexibility index (Phi) is 19.7. The van der Waals surface area contributed by atoms with Gasteiger partial charge >= 0.3 is 37.9 Å². The second-order valence-electron chi connectivity index (χ2n) is 11.3. The maximum atomic E-state index is 13.9. The average Bonchev–Trinajstić information content (AvgIpc) is 2.98. The minimum atomic E-state index is -5.42. The van der Waals surface area contributed by atoms with Gasteiger partial charge < -0.3 is 24.0 Å². The molecule has 0 aliphatic heterocycles. The third-order valence-electron chi connectivity index (χ3n) is 7.30. The van der Waals surface area contributed by atoms with Crippen LogP contribution in [0.1, 0.15) is 96.0 Å². The topological polar surface area (TPSA) is 136 Å². The summed E-state index contributed by atoms with van der Waals surface area (Å²) in [7, 11) is -5.37. The molecule has 16 heteroatoms. The van der Waals surface area contributed by atoms with E-state index in [1.54, 1.807) is 30.3 Å². The van der Waals surface area contributed by atoms with Crippen molar-refractivity contribution in [3.05, 3.63) is 42.0 Å². The molecule has 0 amide bonds. The van der Waals surface area contributed by atoms with Crippen LogP contribution in [0, 0.1) is 11.8 Å². The van der Waals surface area contributed by atoms with Gasteiger partial charge in [-0.15, -0.1) is 0 Å². The van der Waals surface area contributed by atoms with Crippen molar-refractivity contribution in [3.63, 3.8) is 0 Å². The van der Waals surface area contributed by atoms with Gasteiger partial charge in [0.15, 0.2) is 11.8 Å². The molecule has 3 atom stereocenters. The molecule has 1 rings (SSSR count). The first-order valence-corrected chi connectivity index (χ1v) is 17.5. The normalized spacial score (nSPS) is 15.5. The van der Waals surface area contributed by atoms with E-state index in [9.17, 15) is 45.3 Å². The summed E-state index contributed by atoms with van der Waals surface area (Å²) >= 11 is 0. The van der Waals surface area contributed by atoms with Crippen LogP contribution in [0.15, 0.2) is 36.4 Å². The van der Waals surface area contributed by atoms with Gasteiger partial charge in [0.1, 0.15) is 0 Å². The molecule has 2 N–H and O–H groups in total. The largest absolute Gasteiger partial charge is 0.481 e. The summed E-state index contributed by atoms with van der Waals surface area (Å²) in [6.07, 6.45) is 0.930. The first kappa shape index (κ1) is 43.1. The third kappa shape index (κ3) is 17.5. The number of benzene rings is 1. The van der Waals surface area contributed by atoms with Gasteiger partial charge in [0.2, 0.25) is 5.85 Å². The minimum Gasteiger partial charge on any atom is -0.481 e. The number of ether oxygens (including phenoxy) is 1. The van der Waals surface area contributed by atoms with Crippen molar-refractivity contribution in [2.75, 3.05) is 13.2 Å². The molecule has 0 radical (unpaired) electrons. The molecule has 3 unspecified atom stereocenters. The fourth-order valence-electron chi connectivity index (χ4n) is 4.49. The zero-order valence-electron chi connectivity index (χ0n) is 26.8. The van der Waals surface area contributed by atoms with Crippen LogP contribution < -0.4 is 0 Å². The number of esters is 1. The number of carbonyl (C=O) groups excluding carboxylic acids is 1. The minimum absolute atomic E-state index is 0.133. The predicted molar refractivity (Wildman–Crippen MR) is 165 cm³/mol. The Balaban J connectivity index is 3.17. The Morgan fingerprint density at radius 2 is 1.19 bits per heavy atom. The summed E-state index contributed by atoms with van der Waals surface area (Å²) in [5.41, 5.74) is 0.693. The third-order valence-corrected chi connectivity index (χ3v) is 9.38. The maximum Gasteiger partial charge on any atom is 0.404 e. The monoisotopic (exact) mass is 718 g/mol. The Bertz CT molecular complexity index is 1130. The zero-order valence-corrected chi connectivity index (χ0v) is 27.7. The lowest BCUT2D eigenvalue weighted by Crippen LogP contribution is -2.36. The molecule has 0 bridgehead atoms. The number of unbranched alkanes of at least 4 members (excludes halogenated alkanes) is 10. The highest BCUT2D eigenvalue weighted by Crippen LogP contribution is 2.57. The number of carboxylic acids is 2. The molecule has 0 heterocycles. The van der Waals surface area contributed by atoms with Crippen LogP contribution >= 0.6 is 7.60 Å². The van der Waals surface area contributed by atoms with Gasteiger partial charge in [0.25, 0.3) is 0 Å². The van der Waals surface area contributed by atoms with E-state index in [0.717, 1.165) is 44.9 Å². The van der Waals surface area contributed by atoms with Crippen LogP contribution in [0.4, 0.5) is 26.3 Å². The highest BCUT2D eigenvalue weighted by Gasteiger charge is 2.51. The smallest absolute Gasteiger partial charge is 0.404 e. The van der Waals surface area contributed by atoms with Crippen LogP contribution in [0.5, 0.6) is 0 Å². The number of carbonyl (C=O) groups is 3. The van der Waals surface area contributed by atoms with Gasteiger partial charge in [-0.3, -0.25) is 18.9 Å². The van der Waals surface area contributed by atoms with Gasteiger partial charge in [-0.2, -0.15) is 26.3 Å². The summed E-state index contributed by atoms with van der Waals surface area (Å²) in [6.45, 7) is -1.60. The molecule has 0 aromatic heterocycles. The SMILES string of the molecule is CCCCCCCCCCCCCC(OC(=O)CC=Cc1ccccc1)P(=O)(OCC(C(=O)O)C(F)(F)F)OCC(C(=O)O)C(F)(F)F. The molecular weight excluding hydrogens is 673 g/mol. The molecule has 0 aliphatic carbocycles. The van der Waals surface area contributed by atoms with E-state index in [1.165, 1.54) is 18.6 Å². The highest BCUT2D eigenvalue weighted by molar-refractivity contribution is 7.54. The second kappa shape index (κ2) is 21.9. The molecule has 0 aliphatic rings. The van der Waals surface area contributed by atoms with E-state index >= 15 is 0 Å². The first-order valence-electron chi connectivity index (χ1n) is 15.9. The molecule has 1 aromatic rings. The molecule has 274 valence electrons. The highest BCUT2D eigenvalue weighted by atomic mass is 31.2. The van der Waals surface area contributed by atoms with E-state index < -0.39 is 81.6 Å². The summed E-state index contributed by atoms with van der Waals surface area (Å²) in [6, 6.07) is 8.63. The lowest BCUT2D eigenvalue weighted by atomic mass is 10.1. The van der Waals surface area contributed by atoms with Crippen LogP contribution in [-0.4, -0.2) is 59.5 Å². The van der Waals surface area contributed by atoms with Crippen molar-refractivity contribution in [3.8, 4) is 0 Å². The number of hydrogen-bond donors (Lipinski definition) is 2. The Labute approximate surface area is 276 Å². The van der Waals surface area contributed by atoms with E-state index in [-0.39, 0.29) is 6.42 Å². The number of hydrogen-bond acceptors (Lipinski definition) is 7. The van der Waals surface area contributed by atoms with Crippen molar-refractivity contribution < 1.29 is 69.3 Å². The van der Waals surface area contributed by atoms with Gasteiger partial charge in [-0.1, -0.05) is 114 Å². The Morgan fingerprint density at radius 1 is 0.750 bits per heavy atom.